The highest BCUT2D eigenvalue weighted by molar-refractivity contribution is 4.56. The van der Waals surface area contributed by atoms with Gasteiger partial charge in [-0.3, -0.25) is 0 Å². The van der Waals surface area contributed by atoms with Gasteiger partial charge in [0.25, 0.3) is 0 Å². The molecule has 118 valence electrons. The van der Waals surface area contributed by atoms with Crippen LogP contribution in [-0.4, -0.2) is 24.5 Å². The number of hydrogen-bond acceptors (Lipinski definition) is 1. The van der Waals surface area contributed by atoms with Crippen molar-refractivity contribution in [2.24, 2.45) is 0 Å². The summed E-state index contributed by atoms with van der Waals surface area (Å²) in [5, 5.41) is 0. The van der Waals surface area contributed by atoms with E-state index in [0.717, 1.165) is 0 Å². The molecule has 0 aliphatic carbocycles. The molecule has 0 radical (unpaired) electrons. The molecule has 1 nitrogen and oxygen atoms in total. The molecule has 0 aliphatic rings. The van der Waals surface area contributed by atoms with Crippen molar-refractivity contribution in [3.63, 3.8) is 0 Å². The first-order chi connectivity index (χ1) is 9.35. The van der Waals surface area contributed by atoms with Gasteiger partial charge in [0.15, 0.2) is 0 Å². The molecule has 0 aliphatic heterocycles. The molecule has 0 spiro atoms. The first-order valence-corrected chi connectivity index (χ1v) is 9.07. The summed E-state index contributed by atoms with van der Waals surface area (Å²) in [6.07, 6.45) is 14.1. The van der Waals surface area contributed by atoms with E-state index in [1.165, 1.54) is 83.8 Å². The van der Waals surface area contributed by atoms with Crippen LogP contribution in [0, 0.1) is 0 Å². The van der Waals surface area contributed by atoms with Crippen molar-refractivity contribution in [1.82, 2.24) is 4.90 Å². The van der Waals surface area contributed by atoms with E-state index in [1.807, 2.05) is 13.8 Å². The summed E-state index contributed by atoms with van der Waals surface area (Å²) >= 11 is 0. The van der Waals surface area contributed by atoms with Crippen LogP contribution in [0.4, 0.5) is 0 Å². The molecule has 0 bridgehead atoms. The summed E-state index contributed by atoms with van der Waals surface area (Å²) in [7, 11) is 0. The zero-order valence-corrected chi connectivity index (χ0v) is 14.6. The lowest BCUT2D eigenvalue weighted by Crippen LogP contribution is -2.26. The van der Waals surface area contributed by atoms with Crippen LogP contribution in [0.25, 0.3) is 0 Å². The molecule has 0 amide bonds. The van der Waals surface area contributed by atoms with Gasteiger partial charge in [-0.15, -0.1) is 0 Å². The normalized spacial score (nSPS) is 10.4. The van der Waals surface area contributed by atoms with Gasteiger partial charge in [-0.2, -0.15) is 0 Å². The Morgan fingerprint density at radius 2 is 0.895 bits per heavy atom. The van der Waals surface area contributed by atoms with Gasteiger partial charge in [0.2, 0.25) is 0 Å². The molecule has 1 heteroatoms. The highest BCUT2D eigenvalue weighted by Gasteiger charge is 2.01. The minimum Gasteiger partial charge on any atom is -0.303 e. The number of unbranched alkanes of at least 4 members (excludes halogenated alkanes) is 7. The summed E-state index contributed by atoms with van der Waals surface area (Å²) < 4.78 is 0. The summed E-state index contributed by atoms with van der Waals surface area (Å²) in [5.41, 5.74) is 0. The summed E-state index contributed by atoms with van der Waals surface area (Å²) in [4.78, 5) is 2.64. The summed E-state index contributed by atoms with van der Waals surface area (Å²) in [6, 6.07) is 0. The number of nitrogens with zero attached hydrogens (tertiary/aromatic N) is 1. The number of rotatable bonds is 13. The second-order valence-corrected chi connectivity index (χ2v) is 5.32. The Labute approximate surface area is 124 Å². The summed E-state index contributed by atoms with van der Waals surface area (Å²) in [6.45, 7) is 14.8. The smallest absolute Gasteiger partial charge is 0.00187 e. The SMILES string of the molecule is CC.CCCCCCCCCCN(CCC)CCC. The Morgan fingerprint density at radius 3 is 1.32 bits per heavy atom. The van der Waals surface area contributed by atoms with Crippen LogP contribution in [0.15, 0.2) is 0 Å². The standard InChI is InChI=1S/C16H35N.C2H6/c1-4-7-8-9-10-11-12-13-16-17(14-5-2)15-6-3;1-2/h4-16H2,1-3H3;1-2H3. The third-order valence-corrected chi connectivity index (χ3v) is 3.41. The van der Waals surface area contributed by atoms with Gasteiger partial charge in [0, 0.05) is 0 Å². The molecular formula is C18H41N. The molecule has 0 aromatic rings. The molecule has 0 saturated carbocycles. The molecule has 0 fully saturated rings. The van der Waals surface area contributed by atoms with Crippen molar-refractivity contribution in [3.8, 4) is 0 Å². The molecule has 0 heterocycles. The lowest BCUT2D eigenvalue weighted by molar-refractivity contribution is 0.267. The van der Waals surface area contributed by atoms with Crippen molar-refractivity contribution in [2.45, 2.75) is 98.8 Å². The largest absolute Gasteiger partial charge is 0.303 e. The van der Waals surface area contributed by atoms with E-state index in [2.05, 4.69) is 25.7 Å². The quantitative estimate of drug-likeness (QED) is 0.357. The van der Waals surface area contributed by atoms with Crippen molar-refractivity contribution in [3.05, 3.63) is 0 Å². The van der Waals surface area contributed by atoms with Gasteiger partial charge in [-0.1, -0.05) is 79.6 Å². The van der Waals surface area contributed by atoms with Crippen LogP contribution in [0.1, 0.15) is 98.8 Å². The first kappa shape index (κ1) is 21.3. The third-order valence-electron chi connectivity index (χ3n) is 3.41. The maximum absolute atomic E-state index is 2.64. The summed E-state index contributed by atoms with van der Waals surface area (Å²) in [5.74, 6) is 0. The van der Waals surface area contributed by atoms with E-state index in [9.17, 15) is 0 Å². The van der Waals surface area contributed by atoms with E-state index in [1.54, 1.807) is 0 Å². The Balaban J connectivity index is 0. The maximum atomic E-state index is 2.64. The lowest BCUT2D eigenvalue weighted by atomic mass is 10.1. The molecule has 0 aromatic heterocycles. The van der Waals surface area contributed by atoms with E-state index in [4.69, 9.17) is 0 Å². The zero-order valence-electron chi connectivity index (χ0n) is 14.6. The third kappa shape index (κ3) is 18.0. The fraction of sp³-hybridized carbons (Fsp3) is 1.00. The van der Waals surface area contributed by atoms with E-state index >= 15 is 0 Å². The fourth-order valence-corrected chi connectivity index (χ4v) is 2.44. The van der Waals surface area contributed by atoms with E-state index in [-0.39, 0.29) is 0 Å². The average Bonchev–Trinajstić information content (AvgIpc) is 2.44. The molecule has 0 unspecified atom stereocenters. The lowest BCUT2D eigenvalue weighted by Gasteiger charge is -2.20. The van der Waals surface area contributed by atoms with Crippen LogP contribution in [-0.2, 0) is 0 Å². The van der Waals surface area contributed by atoms with Gasteiger partial charge in [-0.25, -0.2) is 0 Å². The number of hydrogen-bond donors (Lipinski definition) is 0. The Morgan fingerprint density at radius 1 is 0.474 bits per heavy atom. The van der Waals surface area contributed by atoms with Crippen molar-refractivity contribution in [2.75, 3.05) is 19.6 Å². The van der Waals surface area contributed by atoms with E-state index in [0.29, 0.717) is 0 Å². The maximum Gasteiger partial charge on any atom is -0.00187 e. The Kier molecular flexibility index (Phi) is 22.7. The Hall–Kier alpha value is -0.0400. The van der Waals surface area contributed by atoms with Crippen LogP contribution >= 0.6 is 0 Å². The minimum absolute atomic E-state index is 1.30. The van der Waals surface area contributed by atoms with Gasteiger partial charge in [-0.05, 0) is 38.9 Å². The predicted octanol–water partition coefficient (Wildman–Crippen LogP) is 6.28. The molecule has 0 saturated heterocycles. The second-order valence-electron chi connectivity index (χ2n) is 5.32. The molecule has 19 heavy (non-hydrogen) atoms. The van der Waals surface area contributed by atoms with Gasteiger partial charge in [0.05, 0.1) is 0 Å². The first-order valence-electron chi connectivity index (χ1n) is 9.07. The molecule has 0 atom stereocenters. The molecule has 0 aromatic carbocycles. The molecule has 0 N–H and O–H groups in total. The van der Waals surface area contributed by atoms with Crippen molar-refractivity contribution < 1.29 is 0 Å². The monoisotopic (exact) mass is 271 g/mol. The molecule has 0 rings (SSSR count). The zero-order chi connectivity index (χ0) is 14.8. The highest BCUT2D eigenvalue weighted by atomic mass is 15.1. The van der Waals surface area contributed by atoms with Crippen molar-refractivity contribution in [1.29, 1.82) is 0 Å². The van der Waals surface area contributed by atoms with Gasteiger partial charge in [0.1, 0.15) is 0 Å². The van der Waals surface area contributed by atoms with Crippen LogP contribution < -0.4 is 0 Å². The van der Waals surface area contributed by atoms with Crippen LogP contribution in [0.3, 0.4) is 0 Å². The van der Waals surface area contributed by atoms with Crippen LogP contribution in [0.5, 0.6) is 0 Å². The van der Waals surface area contributed by atoms with Gasteiger partial charge < -0.3 is 4.90 Å². The predicted molar refractivity (Wildman–Crippen MR) is 91.0 cm³/mol. The molecular weight excluding hydrogens is 230 g/mol. The highest BCUT2D eigenvalue weighted by Crippen LogP contribution is 2.09. The fourth-order valence-electron chi connectivity index (χ4n) is 2.44. The topological polar surface area (TPSA) is 3.24 Å². The minimum atomic E-state index is 1.30. The van der Waals surface area contributed by atoms with Gasteiger partial charge >= 0.3 is 0 Å². The van der Waals surface area contributed by atoms with E-state index < -0.39 is 0 Å². The van der Waals surface area contributed by atoms with Crippen LogP contribution in [0.2, 0.25) is 0 Å². The Bertz CT molecular complexity index is 128. The van der Waals surface area contributed by atoms with Crippen molar-refractivity contribution >= 4 is 0 Å². The average molecular weight is 272 g/mol. The second kappa shape index (κ2) is 20.3.